The van der Waals surface area contributed by atoms with Gasteiger partial charge in [0.25, 0.3) is 0 Å². The predicted octanol–water partition coefficient (Wildman–Crippen LogP) is 9.75. The standard InChI is InChI=1S/C42H52N4O7/c1-5-8-11-14-34(47)32-25-31(26-33(35(48)15-12-9-6-2)37(32)36(49)16-13-10-7-3)41-46-45-40(53-41)28-19-17-27(18-20-28)38-43-44-39(52-38)29-21-23-30(24-22-29)42(50)51-4/h17-26,34-36,47-49H,5-16H2,1-4H3. The van der Waals surface area contributed by atoms with Crippen LogP contribution < -0.4 is 0 Å². The van der Waals surface area contributed by atoms with Crippen molar-refractivity contribution in [2.24, 2.45) is 0 Å². The molecule has 3 N–H and O–H groups in total. The van der Waals surface area contributed by atoms with Gasteiger partial charge in [0.1, 0.15) is 0 Å². The Morgan fingerprint density at radius 1 is 0.566 bits per heavy atom. The summed E-state index contributed by atoms with van der Waals surface area (Å²) < 4.78 is 16.9. The van der Waals surface area contributed by atoms with Gasteiger partial charge in [-0.25, -0.2) is 4.79 Å². The molecule has 2 heterocycles. The molecule has 11 heteroatoms. The smallest absolute Gasteiger partial charge is 0.337 e. The summed E-state index contributed by atoms with van der Waals surface area (Å²) in [6, 6.07) is 17.7. The molecule has 0 fully saturated rings. The van der Waals surface area contributed by atoms with E-state index in [-0.39, 0.29) is 5.89 Å². The normalized spacial score (nSPS) is 13.2. The van der Waals surface area contributed by atoms with Crippen LogP contribution in [0.2, 0.25) is 0 Å². The maximum absolute atomic E-state index is 11.8. The maximum atomic E-state index is 11.8. The zero-order chi connectivity index (χ0) is 37.7. The van der Waals surface area contributed by atoms with Gasteiger partial charge in [0.05, 0.1) is 31.0 Å². The highest BCUT2D eigenvalue weighted by Crippen LogP contribution is 2.40. The van der Waals surface area contributed by atoms with E-state index < -0.39 is 24.3 Å². The Labute approximate surface area is 311 Å². The predicted molar refractivity (Wildman–Crippen MR) is 203 cm³/mol. The van der Waals surface area contributed by atoms with Crippen molar-refractivity contribution in [2.75, 3.05) is 7.11 Å². The largest absolute Gasteiger partial charge is 0.465 e. The van der Waals surface area contributed by atoms with Gasteiger partial charge in [-0.2, -0.15) is 0 Å². The lowest BCUT2D eigenvalue weighted by molar-refractivity contribution is 0.0600. The van der Waals surface area contributed by atoms with Crippen LogP contribution >= 0.6 is 0 Å². The lowest BCUT2D eigenvalue weighted by Gasteiger charge is -2.26. The Bertz CT molecular complexity index is 1850. The first kappa shape index (κ1) is 39.5. The number of unbranched alkanes of at least 4 members (excludes halogenated alkanes) is 6. The summed E-state index contributed by atoms with van der Waals surface area (Å²) in [6.07, 6.45) is 7.76. The Morgan fingerprint density at radius 3 is 1.30 bits per heavy atom. The lowest BCUT2D eigenvalue weighted by atomic mass is 9.84. The lowest BCUT2D eigenvalue weighted by Crippen LogP contribution is -2.14. The van der Waals surface area contributed by atoms with Crippen LogP contribution in [0.1, 0.15) is 143 Å². The molecular formula is C42H52N4O7. The number of carbonyl (C=O) groups is 1. The molecule has 0 saturated carbocycles. The molecule has 0 spiro atoms. The quantitative estimate of drug-likeness (QED) is 0.0517. The highest BCUT2D eigenvalue weighted by Gasteiger charge is 2.27. The van der Waals surface area contributed by atoms with Crippen molar-refractivity contribution in [3.63, 3.8) is 0 Å². The van der Waals surface area contributed by atoms with E-state index in [2.05, 4.69) is 41.2 Å². The van der Waals surface area contributed by atoms with Crippen LogP contribution in [0, 0.1) is 0 Å². The molecule has 0 radical (unpaired) electrons. The summed E-state index contributed by atoms with van der Waals surface area (Å²) in [7, 11) is 1.33. The number of ether oxygens (including phenoxy) is 1. The van der Waals surface area contributed by atoms with Crippen molar-refractivity contribution in [1.29, 1.82) is 0 Å². The first-order valence-corrected chi connectivity index (χ1v) is 19.0. The highest BCUT2D eigenvalue weighted by molar-refractivity contribution is 5.89. The van der Waals surface area contributed by atoms with Gasteiger partial charge in [0.15, 0.2) is 0 Å². The van der Waals surface area contributed by atoms with Crippen LogP contribution in [0.25, 0.3) is 45.8 Å². The molecule has 3 unspecified atom stereocenters. The Balaban J connectivity index is 1.43. The molecule has 2 aromatic heterocycles. The number of methoxy groups -OCH3 is 1. The fourth-order valence-corrected chi connectivity index (χ4v) is 6.51. The second kappa shape index (κ2) is 19.4. The summed E-state index contributed by atoms with van der Waals surface area (Å²) in [4.78, 5) is 11.8. The van der Waals surface area contributed by atoms with Crippen molar-refractivity contribution < 1.29 is 33.7 Å². The number of aliphatic hydroxyl groups excluding tert-OH is 3. The number of aliphatic hydroxyl groups is 3. The number of hydrogen-bond acceptors (Lipinski definition) is 11. The van der Waals surface area contributed by atoms with Gasteiger partial charge in [-0.15, -0.1) is 20.4 Å². The van der Waals surface area contributed by atoms with Crippen LogP contribution in [-0.2, 0) is 4.74 Å². The van der Waals surface area contributed by atoms with Crippen molar-refractivity contribution in [1.82, 2.24) is 20.4 Å². The molecule has 5 aromatic rings. The summed E-state index contributed by atoms with van der Waals surface area (Å²) in [5, 5.41) is 51.7. The molecule has 11 nitrogen and oxygen atoms in total. The molecule has 0 aliphatic carbocycles. The average Bonchev–Trinajstić information content (AvgIpc) is 3.89. The third-order valence-electron chi connectivity index (χ3n) is 9.57. The second-order valence-corrected chi connectivity index (χ2v) is 13.6. The number of hydrogen-bond donors (Lipinski definition) is 3. The van der Waals surface area contributed by atoms with Gasteiger partial charge in [-0.3, -0.25) is 0 Å². The molecule has 3 atom stereocenters. The van der Waals surface area contributed by atoms with Gasteiger partial charge in [0, 0.05) is 22.3 Å². The van der Waals surface area contributed by atoms with Crippen LogP contribution in [0.5, 0.6) is 0 Å². The molecule has 5 rings (SSSR count). The fraction of sp³-hybridized carbons (Fsp3) is 0.452. The highest BCUT2D eigenvalue weighted by atomic mass is 16.5. The summed E-state index contributed by atoms with van der Waals surface area (Å²) in [5.74, 6) is 0.750. The van der Waals surface area contributed by atoms with Crippen molar-refractivity contribution in [2.45, 2.75) is 116 Å². The first-order chi connectivity index (χ1) is 25.8. The van der Waals surface area contributed by atoms with Crippen LogP contribution in [-0.4, -0.2) is 48.8 Å². The zero-order valence-electron chi connectivity index (χ0n) is 31.3. The van der Waals surface area contributed by atoms with E-state index in [4.69, 9.17) is 13.6 Å². The van der Waals surface area contributed by atoms with Crippen molar-refractivity contribution >= 4 is 5.97 Å². The molecule has 0 amide bonds. The second-order valence-electron chi connectivity index (χ2n) is 13.6. The molecule has 53 heavy (non-hydrogen) atoms. The monoisotopic (exact) mass is 724 g/mol. The number of aromatic nitrogens is 4. The molecule has 3 aromatic carbocycles. The van der Waals surface area contributed by atoms with Crippen molar-refractivity contribution in [3.05, 3.63) is 82.9 Å². The van der Waals surface area contributed by atoms with Gasteiger partial charge in [-0.05, 0) is 96.6 Å². The molecule has 282 valence electrons. The summed E-state index contributed by atoms with van der Waals surface area (Å²) in [6.45, 7) is 6.37. The van der Waals surface area contributed by atoms with E-state index in [1.165, 1.54) is 7.11 Å². The minimum absolute atomic E-state index is 0.250. The minimum atomic E-state index is -0.821. The van der Waals surface area contributed by atoms with E-state index in [1.807, 2.05) is 36.4 Å². The van der Waals surface area contributed by atoms with Gasteiger partial charge >= 0.3 is 5.97 Å². The van der Waals surface area contributed by atoms with Gasteiger partial charge in [0.2, 0.25) is 23.6 Å². The van der Waals surface area contributed by atoms with Gasteiger partial charge < -0.3 is 28.9 Å². The Hall–Kier alpha value is -4.71. The average molecular weight is 725 g/mol. The zero-order valence-corrected chi connectivity index (χ0v) is 31.3. The van der Waals surface area contributed by atoms with Crippen molar-refractivity contribution in [3.8, 4) is 45.8 Å². The number of nitrogens with zero attached hydrogens (tertiary/aromatic N) is 4. The Morgan fingerprint density at radius 2 is 0.925 bits per heavy atom. The molecule has 0 bridgehead atoms. The van der Waals surface area contributed by atoms with E-state index >= 15 is 0 Å². The van der Waals surface area contributed by atoms with Crippen LogP contribution in [0.3, 0.4) is 0 Å². The first-order valence-electron chi connectivity index (χ1n) is 19.0. The van der Waals surface area contributed by atoms with E-state index in [0.29, 0.717) is 81.4 Å². The minimum Gasteiger partial charge on any atom is -0.465 e. The SMILES string of the molecule is CCCCCC(O)c1cc(-c2nnc(-c3ccc(-c4nnc(-c5ccc(C(=O)OC)cc5)o4)cc3)o2)cc(C(O)CCCCC)c1C(O)CCCCC. The number of benzene rings is 3. The molecule has 0 saturated heterocycles. The number of carbonyl (C=O) groups excluding carboxylic acids is 1. The summed E-state index contributed by atoms with van der Waals surface area (Å²) >= 11 is 0. The topological polar surface area (TPSA) is 165 Å². The van der Waals surface area contributed by atoms with E-state index in [1.54, 1.807) is 24.3 Å². The fourth-order valence-electron chi connectivity index (χ4n) is 6.51. The maximum Gasteiger partial charge on any atom is 0.337 e. The summed E-state index contributed by atoms with van der Waals surface area (Å²) in [5.41, 5.74) is 4.86. The van der Waals surface area contributed by atoms with Crippen LogP contribution in [0.15, 0.2) is 69.5 Å². The third kappa shape index (κ3) is 10.0. The molecular weight excluding hydrogens is 672 g/mol. The molecule has 0 aliphatic heterocycles. The number of rotatable bonds is 20. The van der Waals surface area contributed by atoms with E-state index in [9.17, 15) is 20.1 Å². The Kier molecular flexibility index (Phi) is 14.5. The van der Waals surface area contributed by atoms with Gasteiger partial charge in [-0.1, -0.05) is 78.6 Å². The number of esters is 1. The van der Waals surface area contributed by atoms with E-state index in [0.717, 1.165) is 57.8 Å². The van der Waals surface area contributed by atoms with Crippen LogP contribution in [0.4, 0.5) is 0 Å². The molecule has 0 aliphatic rings. The third-order valence-corrected chi connectivity index (χ3v) is 9.57.